The van der Waals surface area contributed by atoms with Crippen LogP contribution in [0, 0.1) is 0 Å². The maximum Gasteiger partial charge on any atom is 0.306 e. The van der Waals surface area contributed by atoms with Gasteiger partial charge in [-0.3, -0.25) is 9.59 Å². The predicted molar refractivity (Wildman–Crippen MR) is 187 cm³/mol. The minimum absolute atomic E-state index is 0.0706. The zero-order valence-corrected chi connectivity index (χ0v) is 28.9. The SMILES string of the molecule is CCCC/C=C/CCCCCCCC(=O)O[C@@H](CO)COC(=O)CCCCCCCCCCC/C=C/C/C=C/CCCCC. The zero-order valence-electron chi connectivity index (χ0n) is 28.9. The van der Waals surface area contributed by atoms with Crippen LogP contribution in [0.25, 0.3) is 0 Å². The van der Waals surface area contributed by atoms with Crippen LogP contribution in [-0.4, -0.2) is 36.4 Å². The van der Waals surface area contributed by atoms with Crippen LogP contribution < -0.4 is 0 Å². The second-order valence-corrected chi connectivity index (χ2v) is 12.3. The van der Waals surface area contributed by atoms with E-state index in [1.54, 1.807) is 0 Å². The second kappa shape index (κ2) is 35.6. The molecule has 0 aromatic rings. The Morgan fingerprint density at radius 2 is 0.932 bits per heavy atom. The number of hydrogen-bond acceptors (Lipinski definition) is 5. The molecule has 1 atom stereocenters. The molecule has 0 aromatic heterocycles. The Bertz CT molecular complexity index is 711. The molecule has 0 unspecified atom stereocenters. The van der Waals surface area contributed by atoms with Gasteiger partial charge in [0.15, 0.2) is 6.10 Å². The van der Waals surface area contributed by atoms with E-state index in [0.717, 1.165) is 51.4 Å². The van der Waals surface area contributed by atoms with Gasteiger partial charge in [-0.1, -0.05) is 140 Å². The molecule has 44 heavy (non-hydrogen) atoms. The summed E-state index contributed by atoms with van der Waals surface area (Å²) in [5.41, 5.74) is 0. The Hall–Kier alpha value is -1.88. The van der Waals surface area contributed by atoms with Crippen LogP contribution >= 0.6 is 0 Å². The van der Waals surface area contributed by atoms with Gasteiger partial charge in [-0.2, -0.15) is 0 Å². The number of carbonyl (C=O) groups excluding carboxylic acids is 2. The van der Waals surface area contributed by atoms with E-state index in [4.69, 9.17) is 9.47 Å². The third kappa shape index (κ3) is 33.0. The van der Waals surface area contributed by atoms with Crippen molar-refractivity contribution in [3.63, 3.8) is 0 Å². The van der Waals surface area contributed by atoms with Gasteiger partial charge in [0.05, 0.1) is 6.61 Å². The topological polar surface area (TPSA) is 72.8 Å². The first-order valence-corrected chi connectivity index (χ1v) is 18.5. The molecule has 0 saturated carbocycles. The molecule has 0 aliphatic rings. The van der Waals surface area contributed by atoms with Crippen LogP contribution in [0.15, 0.2) is 36.5 Å². The molecule has 0 amide bonds. The summed E-state index contributed by atoms with van der Waals surface area (Å²) in [7, 11) is 0. The molecule has 0 heterocycles. The van der Waals surface area contributed by atoms with Crippen molar-refractivity contribution < 1.29 is 24.2 Å². The molecule has 1 N–H and O–H groups in total. The molecule has 0 aliphatic carbocycles. The minimum atomic E-state index is -0.774. The summed E-state index contributed by atoms with van der Waals surface area (Å²) < 4.78 is 10.6. The highest BCUT2D eigenvalue weighted by Gasteiger charge is 2.16. The normalized spacial score (nSPS) is 12.5. The number of rotatable bonds is 33. The van der Waals surface area contributed by atoms with Gasteiger partial charge in [0, 0.05) is 12.8 Å². The van der Waals surface area contributed by atoms with Gasteiger partial charge < -0.3 is 14.6 Å². The highest BCUT2D eigenvalue weighted by atomic mass is 16.6. The zero-order chi connectivity index (χ0) is 32.2. The van der Waals surface area contributed by atoms with Crippen LogP contribution in [-0.2, 0) is 19.1 Å². The molecule has 0 spiro atoms. The summed E-state index contributed by atoms with van der Waals surface area (Å²) in [5.74, 6) is -0.607. The van der Waals surface area contributed by atoms with E-state index in [1.165, 1.54) is 103 Å². The maximum absolute atomic E-state index is 12.1. The maximum atomic E-state index is 12.1. The largest absolute Gasteiger partial charge is 0.462 e. The number of ether oxygens (including phenoxy) is 2. The summed E-state index contributed by atoms with van der Waals surface area (Å²) in [6, 6.07) is 0. The quantitative estimate of drug-likeness (QED) is 0.0450. The van der Waals surface area contributed by atoms with Crippen molar-refractivity contribution in [2.75, 3.05) is 13.2 Å². The van der Waals surface area contributed by atoms with Crippen LogP contribution in [0.1, 0.15) is 181 Å². The van der Waals surface area contributed by atoms with Crippen LogP contribution in [0.5, 0.6) is 0 Å². The first-order chi connectivity index (χ1) is 21.6. The molecule has 0 aliphatic heterocycles. The van der Waals surface area contributed by atoms with Crippen LogP contribution in [0.4, 0.5) is 0 Å². The smallest absolute Gasteiger partial charge is 0.306 e. The molecular weight excluding hydrogens is 548 g/mol. The van der Waals surface area contributed by atoms with Crippen molar-refractivity contribution in [3.05, 3.63) is 36.5 Å². The Balaban J connectivity index is 3.56. The van der Waals surface area contributed by atoms with E-state index in [2.05, 4.69) is 50.3 Å². The number of hydrogen-bond donors (Lipinski definition) is 1. The lowest BCUT2D eigenvalue weighted by Crippen LogP contribution is -2.28. The van der Waals surface area contributed by atoms with E-state index in [9.17, 15) is 14.7 Å². The van der Waals surface area contributed by atoms with Crippen molar-refractivity contribution >= 4 is 11.9 Å². The number of esters is 2. The summed E-state index contributed by atoms with van der Waals surface area (Å²) in [6.07, 6.45) is 42.0. The lowest BCUT2D eigenvalue weighted by atomic mass is 10.1. The van der Waals surface area contributed by atoms with Crippen LogP contribution in [0.2, 0.25) is 0 Å². The molecule has 0 rings (SSSR count). The molecule has 256 valence electrons. The van der Waals surface area contributed by atoms with Gasteiger partial charge in [0.25, 0.3) is 0 Å². The van der Waals surface area contributed by atoms with E-state index in [-0.39, 0.29) is 25.2 Å². The van der Waals surface area contributed by atoms with Gasteiger partial charge >= 0.3 is 11.9 Å². The van der Waals surface area contributed by atoms with Gasteiger partial charge in [-0.05, 0) is 64.2 Å². The molecule has 0 fully saturated rings. The molecule has 0 saturated heterocycles. The molecule has 5 nitrogen and oxygen atoms in total. The summed E-state index contributed by atoms with van der Waals surface area (Å²) in [5, 5.41) is 9.51. The Morgan fingerprint density at radius 3 is 1.43 bits per heavy atom. The van der Waals surface area contributed by atoms with Gasteiger partial charge in [0.2, 0.25) is 0 Å². The van der Waals surface area contributed by atoms with Crippen molar-refractivity contribution in [2.24, 2.45) is 0 Å². The van der Waals surface area contributed by atoms with Gasteiger partial charge in [0.1, 0.15) is 6.61 Å². The predicted octanol–water partition coefficient (Wildman–Crippen LogP) is 11.3. The third-order valence-corrected chi connectivity index (χ3v) is 7.91. The summed E-state index contributed by atoms with van der Waals surface area (Å²) >= 11 is 0. The average molecular weight is 619 g/mol. The first-order valence-electron chi connectivity index (χ1n) is 18.5. The molecule has 0 bridgehead atoms. The standard InChI is InChI=1S/C39H70O5/c1-3-5-7-9-11-13-15-16-17-18-19-20-21-22-24-25-27-29-31-33-38(41)43-36-37(35-40)44-39(42)34-32-30-28-26-23-14-12-10-8-6-4-2/h10-13,16-17,37,40H,3-9,14-15,18-36H2,1-2H3/b12-10+,13-11+,17-16+/t37-/m0/s1. The van der Waals surface area contributed by atoms with E-state index >= 15 is 0 Å². The lowest BCUT2D eigenvalue weighted by Gasteiger charge is -2.15. The fourth-order valence-corrected chi connectivity index (χ4v) is 5.03. The molecule has 0 aromatic carbocycles. The highest BCUT2D eigenvalue weighted by Crippen LogP contribution is 2.13. The number of carbonyl (C=O) groups is 2. The summed E-state index contributed by atoms with van der Waals surface area (Å²) in [4.78, 5) is 24.1. The fraction of sp³-hybridized carbons (Fsp3) is 0.795. The first kappa shape index (κ1) is 42.1. The number of aliphatic hydroxyl groups excluding tert-OH is 1. The molecule has 0 radical (unpaired) electrons. The monoisotopic (exact) mass is 619 g/mol. The van der Waals surface area contributed by atoms with Crippen molar-refractivity contribution in [1.29, 1.82) is 0 Å². The summed E-state index contributed by atoms with van der Waals surface area (Å²) in [6.45, 7) is 4.05. The second-order valence-electron chi connectivity index (χ2n) is 12.3. The third-order valence-electron chi connectivity index (χ3n) is 7.91. The Labute approximate surface area is 272 Å². The van der Waals surface area contributed by atoms with Crippen molar-refractivity contribution in [2.45, 2.75) is 187 Å². The van der Waals surface area contributed by atoms with Crippen molar-refractivity contribution in [3.8, 4) is 0 Å². The van der Waals surface area contributed by atoms with Crippen molar-refractivity contribution in [1.82, 2.24) is 0 Å². The van der Waals surface area contributed by atoms with Gasteiger partial charge in [-0.15, -0.1) is 0 Å². The Kier molecular flexibility index (Phi) is 34.1. The van der Waals surface area contributed by atoms with Crippen LogP contribution in [0.3, 0.4) is 0 Å². The molecule has 5 heteroatoms. The highest BCUT2D eigenvalue weighted by molar-refractivity contribution is 5.70. The number of allylic oxidation sites excluding steroid dienone is 6. The lowest BCUT2D eigenvalue weighted by molar-refractivity contribution is -0.161. The molecular formula is C39H70O5. The van der Waals surface area contributed by atoms with E-state index < -0.39 is 6.10 Å². The number of unbranched alkanes of at least 4 members (excludes halogenated alkanes) is 19. The van der Waals surface area contributed by atoms with E-state index in [0.29, 0.717) is 12.8 Å². The fourth-order valence-electron chi connectivity index (χ4n) is 5.03. The number of aliphatic hydroxyl groups is 1. The van der Waals surface area contributed by atoms with Gasteiger partial charge in [-0.25, -0.2) is 0 Å². The van der Waals surface area contributed by atoms with E-state index in [1.807, 2.05) is 0 Å². The minimum Gasteiger partial charge on any atom is -0.462 e. The average Bonchev–Trinajstić information content (AvgIpc) is 3.02. The Morgan fingerprint density at radius 1 is 0.523 bits per heavy atom.